The van der Waals surface area contributed by atoms with Gasteiger partial charge in [-0.15, -0.1) is 11.8 Å². The highest BCUT2D eigenvalue weighted by Gasteiger charge is 2.18. The van der Waals surface area contributed by atoms with Gasteiger partial charge < -0.3 is 4.74 Å². The lowest BCUT2D eigenvalue weighted by Gasteiger charge is -2.25. The van der Waals surface area contributed by atoms with Crippen molar-refractivity contribution in [2.24, 2.45) is 0 Å². The molecule has 1 aliphatic rings. The van der Waals surface area contributed by atoms with Crippen molar-refractivity contribution in [2.45, 2.75) is 11.0 Å². The maximum atomic E-state index is 5.12. The van der Waals surface area contributed by atoms with E-state index in [9.17, 15) is 0 Å². The van der Waals surface area contributed by atoms with Gasteiger partial charge in [0.1, 0.15) is 0 Å². The van der Waals surface area contributed by atoms with Crippen molar-refractivity contribution in [1.82, 2.24) is 0 Å². The first-order valence-electron chi connectivity index (χ1n) is 4.28. The molecule has 0 spiro atoms. The molecule has 0 saturated carbocycles. The Balaban J connectivity index is 1.86. The molecular weight excluding hydrogens is 248 g/mol. The largest absolute Gasteiger partial charge is 0.379 e. The van der Waals surface area contributed by atoms with Crippen molar-refractivity contribution in [3.8, 4) is 0 Å². The summed E-state index contributed by atoms with van der Waals surface area (Å²) in [5, 5.41) is 0.721. The van der Waals surface area contributed by atoms with Crippen LogP contribution in [0.25, 0.3) is 0 Å². The van der Waals surface area contributed by atoms with E-state index in [2.05, 4.69) is 40.2 Å². The zero-order chi connectivity index (χ0) is 9.10. The van der Waals surface area contributed by atoms with Gasteiger partial charge in [0.25, 0.3) is 0 Å². The van der Waals surface area contributed by atoms with Gasteiger partial charge in [-0.1, -0.05) is 28.1 Å². The number of ether oxygens (including phenoxy) is 1. The lowest BCUT2D eigenvalue weighted by Crippen LogP contribution is -2.30. The fraction of sp³-hybridized carbons (Fsp3) is 0.400. The van der Waals surface area contributed by atoms with Crippen LogP contribution < -0.4 is 0 Å². The van der Waals surface area contributed by atoms with E-state index in [1.54, 1.807) is 0 Å². The molecule has 1 nitrogen and oxygen atoms in total. The summed E-state index contributed by atoms with van der Waals surface area (Å²) in [4.78, 5) is 0. The Bertz CT molecular complexity index is 286. The normalized spacial score (nSPS) is 17.0. The molecule has 1 aliphatic heterocycles. The second kappa shape index (κ2) is 4.49. The van der Waals surface area contributed by atoms with E-state index in [1.807, 2.05) is 11.8 Å². The van der Waals surface area contributed by atoms with Crippen molar-refractivity contribution < 1.29 is 4.74 Å². The molecule has 70 valence electrons. The van der Waals surface area contributed by atoms with E-state index >= 15 is 0 Å². The minimum absolute atomic E-state index is 0.721. The molecule has 0 radical (unpaired) electrons. The summed E-state index contributed by atoms with van der Waals surface area (Å²) in [6.07, 6.45) is 0. The second-order valence-electron chi connectivity index (χ2n) is 3.10. The minimum atomic E-state index is 0.721. The fourth-order valence-corrected chi connectivity index (χ4v) is 2.59. The summed E-state index contributed by atoms with van der Waals surface area (Å²) in [5.41, 5.74) is 1.38. The van der Waals surface area contributed by atoms with Crippen LogP contribution >= 0.6 is 27.7 Å². The summed E-state index contributed by atoms with van der Waals surface area (Å²) in [7, 11) is 0. The fourth-order valence-electron chi connectivity index (χ4n) is 1.15. The average molecular weight is 259 g/mol. The zero-order valence-electron chi connectivity index (χ0n) is 7.20. The van der Waals surface area contributed by atoms with Crippen molar-refractivity contribution in [1.29, 1.82) is 0 Å². The molecule has 0 aromatic heterocycles. The van der Waals surface area contributed by atoms with Gasteiger partial charge in [0.2, 0.25) is 0 Å². The topological polar surface area (TPSA) is 9.23 Å². The Morgan fingerprint density at radius 1 is 1.46 bits per heavy atom. The number of rotatable bonds is 3. The summed E-state index contributed by atoms with van der Waals surface area (Å²) < 4.78 is 6.28. The monoisotopic (exact) mass is 258 g/mol. The predicted molar refractivity (Wildman–Crippen MR) is 60.0 cm³/mol. The molecule has 3 heteroatoms. The second-order valence-corrected chi connectivity index (χ2v) is 5.30. The van der Waals surface area contributed by atoms with Crippen LogP contribution in [0.5, 0.6) is 0 Å². The number of halogens is 1. The molecule has 0 amide bonds. The van der Waals surface area contributed by atoms with Crippen LogP contribution in [0.4, 0.5) is 0 Å². The Morgan fingerprint density at radius 3 is 2.92 bits per heavy atom. The molecule has 1 fully saturated rings. The number of hydrogen-bond donors (Lipinski definition) is 0. The van der Waals surface area contributed by atoms with Crippen LogP contribution in [-0.4, -0.2) is 18.5 Å². The predicted octanol–water partition coefficient (Wildman–Crippen LogP) is 3.08. The van der Waals surface area contributed by atoms with E-state index in [0.29, 0.717) is 0 Å². The first-order valence-corrected chi connectivity index (χ1v) is 6.12. The lowest BCUT2D eigenvalue weighted by molar-refractivity contribution is 0.0455. The van der Waals surface area contributed by atoms with Gasteiger partial charge in [0.15, 0.2) is 0 Å². The third-order valence-corrected chi connectivity index (χ3v) is 3.72. The Kier molecular flexibility index (Phi) is 3.30. The van der Waals surface area contributed by atoms with Crippen LogP contribution in [0.2, 0.25) is 0 Å². The van der Waals surface area contributed by atoms with Crippen LogP contribution in [0.15, 0.2) is 28.7 Å². The summed E-state index contributed by atoms with van der Waals surface area (Å²) in [6, 6.07) is 8.47. The van der Waals surface area contributed by atoms with E-state index in [1.165, 1.54) is 5.56 Å². The quantitative estimate of drug-likeness (QED) is 0.825. The van der Waals surface area contributed by atoms with Crippen molar-refractivity contribution in [3.05, 3.63) is 34.3 Å². The zero-order valence-corrected chi connectivity index (χ0v) is 9.61. The summed E-state index contributed by atoms with van der Waals surface area (Å²) >= 11 is 5.45. The molecule has 0 unspecified atom stereocenters. The number of hydrogen-bond acceptors (Lipinski definition) is 2. The molecule has 2 rings (SSSR count). The van der Waals surface area contributed by atoms with Gasteiger partial charge in [-0.2, -0.15) is 0 Å². The summed E-state index contributed by atoms with van der Waals surface area (Å²) in [6.45, 7) is 1.86. The van der Waals surface area contributed by atoms with Gasteiger partial charge in [-0.3, -0.25) is 0 Å². The maximum Gasteiger partial charge on any atom is 0.0608 e. The molecule has 0 bridgehead atoms. The number of thioether (sulfide) groups is 1. The Morgan fingerprint density at radius 2 is 2.31 bits per heavy atom. The molecule has 0 aliphatic carbocycles. The molecule has 1 saturated heterocycles. The van der Waals surface area contributed by atoms with E-state index in [-0.39, 0.29) is 0 Å². The highest BCUT2D eigenvalue weighted by atomic mass is 79.9. The molecule has 0 atom stereocenters. The van der Waals surface area contributed by atoms with Gasteiger partial charge in [-0.05, 0) is 17.7 Å². The van der Waals surface area contributed by atoms with Crippen LogP contribution in [0, 0.1) is 0 Å². The third-order valence-electron chi connectivity index (χ3n) is 1.98. The van der Waals surface area contributed by atoms with E-state index in [0.717, 1.165) is 28.7 Å². The highest BCUT2D eigenvalue weighted by Crippen LogP contribution is 2.24. The molecular formula is C10H11BrOS. The number of benzene rings is 1. The van der Waals surface area contributed by atoms with E-state index < -0.39 is 0 Å². The summed E-state index contributed by atoms with van der Waals surface area (Å²) in [5.74, 6) is 1.09. The third kappa shape index (κ3) is 2.73. The minimum Gasteiger partial charge on any atom is -0.379 e. The maximum absolute atomic E-state index is 5.12. The van der Waals surface area contributed by atoms with Gasteiger partial charge in [-0.25, -0.2) is 0 Å². The van der Waals surface area contributed by atoms with Crippen LogP contribution in [-0.2, 0) is 10.5 Å². The van der Waals surface area contributed by atoms with Gasteiger partial charge in [0, 0.05) is 10.2 Å². The lowest BCUT2D eigenvalue weighted by atomic mass is 10.2. The van der Waals surface area contributed by atoms with Crippen molar-refractivity contribution in [3.63, 3.8) is 0 Å². The van der Waals surface area contributed by atoms with Crippen molar-refractivity contribution >= 4 is 27.7 Å². The SMILES string of the molecule is Brc1cccc(CSC2COC2)c1. The van der Waals surface area contributed by atoms with Gasteiger partial charge in [0.05, 0.1) is 18.5 Å². The van der Waals surface area contributed by atoms with E-state index in [4.69, 9.17) is 4.74 Å². The molecule has 1 aromatic rings. The highest BCUT2D eigenvalue weighted by molar-refractivity contribution is 9.10. The van der Waals surface area contributed by atoms with Crippen LogP contribution in [0.3, 0.4) is 0 Å². The molecule has 0 N–H and O–H groups in total. The first kappa shape index (κ1) is 9.56. The Hall–Kier alpha value is 0.01000. The molecule has 1 aromatic carbocycles. The first-order chi connectivity index (χ1) is 6.34. The Labute approximate surface area is 91.0 Å². The smallest absolute Gasteiger partial charge is 0.0608 e. The standard InChI is InChI=1S/C10H11BrOS/c11-9-3-1-2-8(4-9)7-13-10-5-12-6-10/h1-4,10H,5-7H2. The van der Waals surface area contributed by atoms with Crippen molar-refractivity contribution in [2.75, 3.05) is 13.2 Å². The van der Waals surface area contributed by atoms with Crippen LogP contribution in [0.1, 0.15) is 5.56 Å². The van der Waals surface area contributed by atoms with Gasteiger partial charge >= 0.3 is 0 Å². The average Bonchev–Trinajstić information content (AvgIpc) is 2.01. The molecule has 13 heavy (non-hydrogen) atoms. The molecule has 1 heterocycles.